The van der Waals surface area contributed by atoms with E-state index in [2.05, 4.69) is 56.3 Å². The largest absolute Gasteiger partial charge is 0.507 e. The molecule has 0 spiro atoms. The third-order valence-electron chi connectivity index (χ3n) is 13.1. The fourth-order valence-electron chi connectivity index (χ4n) is 10.1. The molecule has 14 rings (SSSR count). The summed E-state index contributed by atoms with van der Waals surface area (Å²) in [5.41, 5.74) is 10.4. The van der Waals surface area contributed by atoms with Crippen molar-refractivity contribution >= 4 is 89.2 Å². The molecular weight excluding hydrogens is 809 g/mol. The van der Waals surface area contributed by atoms with E-state index in [4.69, 9.17) is 24.9 Å². The van der Waals surface area contributed by atoms with Crippen molar-refractivity contribution in [2.24, 2.45) is 26.8 Å². The molecule has 6 aromatic carbocycles. The van der Waals surface area contributed by atoms with Crippen LogP contribution in [0, 0.1) is 11.8 Å². The topological polar surface area (TPSA) is 165 Å². The SMILES string of the molecule is OC1=C(c2ccc3c4c(cccc24)N=C(c2ncc4ccccc4n2)N3)C(O)=C1C1C=CC2=C3C(=CC=CC31)NC(c1ccc3c4c(cccc14)N=C(c1ncc4ccccc4n1)N3)=N2. The van der Waals surface area contributed by atoms with Crippen LogP contribution < -0.4 is 16.0 Å². The molecule has 3 aliphatic heterocycles. The normalized spacial score (nSPS) is 19.0. The van der Waals surface area contributed by atoms with Crippen LogP contribution >= 0.6 is 0 Å². The molecule has 0 saturated heterocycles. The number of hydrogen-bond donors (Lipinski definition) is 5. The number of aliphatic hydroxyl groups excluding tert-OH is 2. The summed E-state index contributed by atoms with van der Waals surface area (Å²) < 4.78 is 0. The average Bonchev–Trinajstić information content (AvgIpc) is 3.35. The molecule has 12 heteroatoms. The molecule has 5 heterocycles. The van der Waals surface area contributed by atoms with Gasteiger partial charge in [-0.3, -0.25) is 0 Å². The fourth-order valence-corrected chi connectivity index (χ4v) is 10.1. The predicted molar refractivity (Wildman–Crippen MR) is 256 cm³/mol. The first-order chi connectivity index (χ1) is 32.0. The monoisotopic (exact) mass is 840 g/mol. The van der Waals surface area contributed by atoms with E-state index in [0.717, 1.165) is 100 Å². The van der Waals surface area contributed by atoms with E-state index in [1.165, 1.54) is 0 Å². The Bertz CT molecular complexity index is 3850. The van der Waals surface area contributed by atoms with Crippen molar-refractivity contribution in [3.05, 3.63) is 209 Å². The third-order valence-corrected chi connectivity index (χ3v) is 13.1. The van der Waals surface area contributed by atoms with Crippen molar-refractivity contribution < 1.29 is 10.2 Å². The number of amidine groups is 3. The van der Waals surface area contributed by atoms with Gasteiger partial charge in [0.2, 0.25) is 0 Å². The van der Waals surface area contributed by atoms with E-state index in [-0.39, 0.29) is 23.4 Å². The Morgan fingerprint density at radius 1 is 0.508 bits per heavy atom. The van der Waals surface area contributed by atoms with Crippen molar-refractivity contribution in [2.45, 2.75) is 0 Å². The fraction of sp³-hybridized carbons (Fsp3) is 0.0377. The van der Waals surface area contributed by atoms with Gasteiger partial charge in [0.05, 0.1) is 33.7 Å². The first-order valence-corrected chi connectivity index (χ1v) is 21.3. The van der Waals surface area contributed by atoms with Crippen molar-refractivity contribution in [2.75, 3.05) is 10.6 Å². The highest BCUT2D eigenvalue weighted by Crippen LogP contribution is 2.52. The highest BCUT2D eigenvalue weighted by atomic mass is 16.3. The molecule has 306 valence electrons. The number of anilines is 2. The molecule has 0 fully saturated rings. The summed E-state index contributed by atoms with van der Waals surface area (Å²) in [6.07, 6.45) is 13.9. The Balaban J connectivity index is 0.776. The van der Waals surface area contributed by atoms with Crippen LogP contribution in [0.2, 0.25) is 0 Å². The standard InChI is InChI=1S/C53H32N10O2/c64-47-45(48(65)46(47)32-19-22-40-43-29(32)11-6-16-37(43)60-52(62-40)50-54-24-26-8-1-3-13-34(26)56-50)31-18-21-39-42-28(31)10-5-15-36(42)58-49(59-39)33-20-23-41-44-30(33)12-7-17-38(44)61-53(63-41)51-55-25-27-9-2-4-14-35(27)57-51/h1-25,28,31,64-65H,(H,58,59)(H,60,62)(H,61,63). The highest BCUT2D eigenvalue weighted by molar-refractivity contribution is 6.23. The smallest absolute Gasteiger partial charge is 0.196 e. The average molecular weight is 841 g/mol. The molecule has 0 bridgehead atoms. The molecule has 0 amide bonds. The summed E-state index contributed by atoms with van der Waals surface area (Å²) >= 11 is 0. The maximum Gasteiger partial charge on any atom is 0.196 e. The van der Waals surface area contributed by atoms with Gasteiger partial charge in [-0.1, -0.05) is 85.0 Å². The number of fused-ring (bicyclic) bond motifs is 2. The maximum atomic E-state index is 11.9. The van der Waals surface area contributed by atoms with Crippen LogP contribution in [0.1, 0.15) is 22.8 Å². The van der Waals surface area contributed by atoms with Gasteiger partial charge < -0.3 is 26.2 Å². The molecule has 3 aliphatic carbocycles. The lowest BCUT2D eigenvalue weighted by Gasteiger charge is -2.38. The lowest BCUT2D eigenvalue weighted by molar-refractivity contribution is 0.346. The van der Waals surface area contributed by atoms with Crippen LogP contribution in [0.25, 0.3) is 48.9 Å². The van der Waals surface area contributed by atoms with E-state index in [9.17, 15) is 10.2 Å². The first kappa shape index (κ1) is 35.6. The Kier molecular flexibility index (Phi) is 7.24. The van der Waals surface area contributed by atoms with Gasteiger partial charge in [-0.25, -0.2) is 34.9 Å². The molecule has 12 nitrogen and oxygen atoms in total. The van der Waals surface area contributed by atoms with Gasteiger partial charge in [-0.15, -0.1) is 0 Å². The molecule has 65 heavy (non-hydrogen) atoms. The van der Waals surface area contributed by atoms with E-state index in [0.29, 0.717) is 34.5 Å². The van der Waals surface area contributed by atoms with Crippen molar-refractivity contribution in [3.63, 3.8) is 0 Å². The minimum absolute atomic E-state index is 0.0762. The molecule has 6 aliphatic rings. The number of aliphatic imine (C=N–C) groups is 3. The number of para-hydroxylation sites is 2. The lowest BCUT2D eigenvalue weighted by Crippen LogP contribution is -2.36. The molecule has 8 aromatic rings. The van der Waals surface area contributed by atoms with Crippen LogP contribution in [0.4, 0.5) is 22.7 Å². The number of benzene rings is 6. The number of nitrogens with one attached hydrogen (secondary N) is 3. The zero-order valence-corrected chi connectivity index (χ0v) is 34.1. The predicted octanol–water partition coefficient (Wildman–Crippen LogP) is 10.5. The minimum Gasteiger partial charge on any atom is -0.507 e. The molecule has 0 saturated carbocycles. The highest BCUT2D eigenvalue weighted by Gasteiger charge is 2.43. The molecule has 0 radical (unpaired) electrons. The molecule has 2 aromatic heterocycles. The van der Waals surface area contributed by atoms with Crippen LogP contribution in [-0.2, 0) is 0 Å². The molecular formula is C53H32N10O2. The summed E-state index contributed by atoms with van der Waals surface area (Å²) in [6, 6.07) is 35.8. The quantitative estimate of drug-likeness (QED) is 0.113. The number of nitrogens with zero attached hydrogens (tertiary/aromatic N) is 7. The van der Waals surface area contributed by atoms with Gasteiger partial charge in [0, 0.05) is 79.6 Å². The zero-order chi connectivity index (χ0) is 42.9. The lowest BCUT2D eigenvalue weighted by atomic mass is 9.69. The second-order valence-corrected chi connectivity index (χ2v) is 16.6. The third kappa shape index (κ3) is 5.22. The maximum absolute atomic E-state index is 11.9. The van der Waals surface area contributed by atoms with Gasteiger partial charge in [0.1, 0.15) is 17.4 Å². The second-order valence-electron chi connectivity index (χ2n) is 16.6. The van der Waals surface area contributed by atoms with Gasteiger partial charge in [-0.05, 0) is 71.0 Å². The van der Waals surface area contributed by atoms with Gasteiger partial charge in [0.15, 0.2) is 23.3 Å². The van der Waals surface area contributed by atoms with Crippen LogP contribution in [0.15, 0.2) is 201 Å². The Morgan fingerprint density at radius 2 is 1.11 bits per heavy atom. The Morgan fingerprint density at radius 3 is 1.75 bits per heavy atom. The summed E-state index contributed by atoms with van der Waals surface area (Å²) in [4.78, 5) is 33.9. The number of rotatable bonds is 5. The van der Waals surface area contributed by atoms with Crippen molar-refractivity contribution in [1.82, 2.24) is 25.3 Å². The molecule has 2 atom stereocenters. The van der Waals surface area contributed by atoms with Crippen LogP contribution in [0.5, 0.6) is 0 Å². The van der Waals surface area contributed by atoms with Gasteiger partial charge >= 0.3 is 0 Å². The van der Waals surface area contributed by atoms with Gasteiger partial charge in [-0.2, -0.15) is 0 Å². The number of allylic oxidation sites excluding steroid dienone is 8. The minimum atomic E-state index is -0.322. The van der Waals surface area contributed by atoms with Crippen LogP contribution in [-0.4, -0.2) is 47.7 Å². The van der Waals surface area contributed by atoms with E-state index >= 15 is 0 Å². The number of hydrogen-bond acceptors (Lipinski definition) is 12. The van der Waals surface area contributed by atoms with E-state index in [1.54, 1.807) is 6.20 Å². The number of aromatic nitrogens is 4. The first-order valence-electron chi connectivity index (χ1n) is 21.3. The summed E-state index contributed by atoms with van der Waals surface area (Å²) in [5.74, 6) is 2.54. The Labute approximate surface area is 369 Å². The van der Waals surface area contributed by atoms with Gasteiger partial charge in [0.25, 0.3) is 0 Å². The number of aliphatic hydroxyl groups is 2. The van der Waals surface area contributed by atoms with Crippen molar-refractivity contribution in [1.29, 1.82) is 0 Å². The van der Waals surface area contributed by atoms with E-state index in [1.807, 2.05) is 115 Å². The molecule has 2 unspecified atom stereocenters. The zero-order valence-electron chi connectivity index (χ0n) is 34.1. The summed E-state index contributed by atoms with van der Waals surface area (Å²) in [5, 5.41) is 40.1. The summed E-state index contributed by atoms with van der Waals surface area (Å²) in [7, 11) is 0. The summed E-state index contributed by atoms with van der Waals surface area (Å²) in [6.45, 7) is 0. The van der Waals surface area contributed by atoms with E-state index < -0.39 is 0 Å². The Hall–Kier alpha value is -9.03. The molecule has 5 N–H and O–H groups in total. The van der Waals surface area contributed by atoms with Crippen LogP contribution in [0.3, 0.4) is 0 Å². The second kappa shape index (κ2) is 13.2. The van der Waals surface area contributed by atoms with Crippen molar-refractivity contribution in [3.8, 4) is 0 Å².